The van der Waals surface area contributed by atoms with Crippen LogP contribution >= 0.6 is 0 Å². The first-order valence-electron chi connectivity index (χ1n) is 4.06. The number of likely N-dealkylation sites (N-methyl/N-ethyl adjacent to an activating group) is 1. The van der Waals surface area contributed by atoms with Gasteiger partial charge in [0.2, 0.25) is 5.91 Å². The summed E-state index contributed by atoms with van der Waals surface area (Å²) < 4.78 is 5.00. The maximum absolute atomic E-state index is 11.2. The van der Waals surface area contributed by atoms with Crippen LogP contribution in [0.2, 0.25) is 0 Å². The van der Waals surface area contributed by atoms with Gasteiger partial charge in [0.25, 0.3) is 5.91 Å². The fourth-order valence-electron chi connectivity index (χ4n) is 0.912. The van der Waals surface area contributed by atoms with E-state index >= 15 is 0 Å². The lowest BCUT2D eigenvalue weighted by Crippen LogP contribution is -2.35. The highest BCUT2D eigenvalue weighted by molar-refractivity contribution is 5.94. The van der Waals surface area contributed by atoms with Crippen molar-refractivity contribution in [3.05, 3.63) is 11.8 Å². The van der Waals surface area contributed by atoms with Gasteiger partial charge < -0.3 is 15.4 Å². The molecule has 0 unspecified atom stereocenters. The van der Waals surface area contributed by atoms with Crippen LogP contribution < -0.4 is 10.6 Å². The standard InChI is InChI=1S/C8H12N2O3/c1-9-7(11)5-10-8(12)6-3-2-4-13-6/h3H,2,4-5H2,1H3,(H,9,11)(H,10,12). The molecule has 0 bridgehead atoms. The summed E-state index contributed by atoms with van der Waals surface area (Å²) in [7, 11) is 1.51. The lowest BCUT2D eigenvalue weighted by Gasteiger charge is -2.04. The number of amides is 2. The molecule has 1 rings (SSSR count). The highest BCUT2D eigenvalue weighted by Crippen LogP contribution is 2.07. The summed E-state index contributed by atoms with van der Waals surface area (Å²) in [5.41, 5.74) is 0. The van der Waals surface area contributed by atoms with Crippen molar-refractivity contribution in [1.82, 2.24) is 10.6 Å². The van der Waals surface area contributed by atoms with Crippen molar-refractivity contribution in [2.45, 2.75) is 6.42 Å². The Bertz CT molecular complexity index is 248. The largest absolute Gasteiger partial charge is 0.488 e. The topological polar surface area (TPSA) is 67.4 Å². The number of carbonyl (C=O) groups excluding carboxylic acids is 2. The molecule has 0 aromatic heterocycles. The van der Waals surface area contributed by atoms with Crippen LogP contribution in [0.4, 0.5) is 0 Å². The first-order chi connectivity index (χ1) is 6.24. The second-order valence-electron chi connectivity index (χ2n) is 2.56. The molecule has 0 aromatic carbocycles. The van der Waals surface area contributed by atoms with Gasteiger partial charge in [0, 0.05) is 13.5 Å². The molecule has 0 aromatic rings. The van der Waals surface area contributed by atoms with Crippen LogP contribution in [0.1, 0.15) is 6.42 Å². The van der Waals surface area contributed by atoms with E-state index in [2.05, 4.69) is 10.6 Å². The number of hydrogen-bond donors (Lipinski definition) is 2. The van der Waals surface area contributed by atoms with Crippen molar-refractivity contribution in [3.63, 3.8) is 0 Å². The molecule has 5 heteroatoms. The lowest BCUT2D eigenvalue weighted by molar-refractivity contribution is -0.125. The SMILES string of the molecule is CNC(=O)CNC(=O)C1=CCCO1. The van der Waals surface area contributed by atoms with Gasteiger partial charge in [0.15, 0.2) is 5.76 Å². The molecule has 0 radical (unpaired) electrons. The molecule has 72 valence electrons. The molecular formula is C8H12N2O3. The van der Waals surface area contributed by atoms with E-state index in [0.29, 0.717) is 12.4 Å². The molecule has 0 saturated heterocycles. The van der Waals surface area contributed by atoms with Crippen LogP contribution in [0.15, 0.2) is 11.8 Å². The van der Waals surface area contributed by atoms with E-state index in [1.165, 1.54) is 7.05 Å². The minimum Gasteiger partial charge on any atom is -0.488 e. The minimum absolute atomic E-state index is 0.0178. The predicted molar refractivity (Wildman–Crippen MR) is 45.7 cm³/mol. The number of nitrogens with one attached hydrogen (secondary N) is 2. The second kappa shape index (κ2) is 4.49. The zero-order valence-corrected chi connectivity index (χ0v) is 7.42. The van der Waals surface area contributed by atoms with E-state index in [-0.39, 0.29) is 18.4 Å². The fourth-order valence-corrected chi connectivity index (χ4v) is 0.912. The van der Waals surface area contributed by atoms with Crippen molar-refractivity contribution in [1.29, 1.82) is 0 Å². The van der Waals surface area contributed by atoms with Gasteiger partial charge in [-0.1, -0.05) is 0 Å². The van der Waals surface area contributed by atoms with Crippen LogP contribution in [0.25, 0.3) is 0 Å². The van der Waals surface area contributed by atoms with Crippen molar-refractivity contribution < 1.29 is 14.3 Å². The summed E-state index contributed by atoms with van der Waals surface area (Å²) in [6.07, 6.45) is 2.46. The van der Waals surface area contributed by atoms with Gasteiger partial charge in [-0.2, -0.15) is 0 Å². The molecule has 2 amide bonds. The van der Waals surface area contributed by atoms with Crippen LogP contribution in [0.3, 0.4) is 0 Å². The first kappa shape index (κ1) is 9.57. The van der Waals surface area contributed by atoms with Crippen molar-refractivity contribution in [2.75, 3.05) is 20.2 Å². The Hall–Kier alpha value is -1.52. The Labute approximate surface area is 76.1 Å². The summed E-state index contributed by atoms with van der Waals surface area (Å²) >= 11 is 0. The first-order valence-corrected chi connectivity index (χ1v) is 4.06. The van der Waals surface area contributed by atoms with Crippen molar-refractivity contribution >= 4 is 11.8 Å². The number of rotatable bonds is 3. The molecule has 0 aliphatic carbocycles. The van der Waals surface area contributed by atoms with Crippen LogP contribution in [-0.2, 0) is 14.3 Å². The smallest absolute Gasteiger partial charge is 0.286 e. The third-order valence-corrected chi connectivity index (χ3v) is 1.62. The average Bonchev–Trinajstić information content (AvgIpc) is 2.66. The van der Waals surface area contributed by atoms with Crippen LogP contribution in [0.5, 0.6) is 0 Å². The van der Waals surface area contributed by atoms with Gasteiger partial charge in [0.1, 0.15) is 0 Å². The van der Waals surface area contributed by atoms with Gasteiger partial charge in [-0.25, -0.2) is 0 Å². The van der Waals surface area contributed by atoms with E-state index in [0.717, 1.165) is 6.42 Å². The van der Waals surface area contributed by atoms with E-state index in [1.54, 1.807) is 6.08 Å². The zero-order chi connectivity index (χ0) is 9.68. The molecule has 0 spiro atoms. The van der Waals surface area contributed by atoms with E-state index in [1.807, 2.05) is 0 Å². The second-order valence-corrected chi connectivity index (χ2v) is 2.56. The van der Waals surface area contributed by atoms with Gasteiger partial charge in [0.05, 0.1) is 13.2 Å². The minimum atomic E-state index is -0.332. The average molecular weight is 184 g/mol. The molecule has 0 fully saturated rings. The molecule has 1 heterocycles. The molecule has 1 aliphatic rings. The van der Waals surface area contributed by atoms with Crippen molar-refractivity contribution in [3.8, 4) is 0 Å². The maximum Gasteiger partial charge on any atom is 0.286 e. The van der Waals surface area contributed by atoms with Gasteiger partial charge in [-0.15, -0.1) is 0 Å². The highest BCUT2D eigenvalue weighted by Gasteiger charge is 2.14. The Morgan fingerprint density at radius 1 is 1.62 bits per heavy atom. The summed E-state index contributed by atoms with van der Waals surface area (Å²) in [6, 6.07) is 0. The molecule has 0 saturated carbocycles. The number of ether oxygens (including phenoxy) is 1. The quantitative estimate of drug-likeness (QED) is 0.600. The van der Waals surface area contributed by atoms with Gasteiger partial charge >= 0.3 is 0 Å². The zero-order valence-electron chi connectivity index (χ0n) is 7.42. The predicted octanol–water partition coefficient (Wildman–Crippen LogP) is -0.847. The fraction of sp³-hybridized carbons (Fsp3) is 0.500. The third kappa shape index (κ3) is 2.77. The molecule has 0 atom stereocenters. The van der Waals surface area contributed by atoms with Crippen LogP contribution in [0, 0.1) is 0 Å². The van der Waals surface area contributed by atoms with E-state index in [4.69, 9.17) is 4.74 Å². The molecule has 5 nitrogen and oxygen atoms in total. The molecular weight excluding hydrogens is 172 g/mol. The van der Waals surface area contributed by atoms with E-state index in [9.17, 15) is 9.59 Å². The van der Waals surface area contributed by atoms with Gasteiger partial charge in [-0.3, -0.25) is 9.59 Å². The molecule has 1 aliphatic heterocycles. The summed E-state index contributed by atoms with van der Waals surface area (Å²) in [5, 5.41) is 4.83. The van der Waals surface area contributed by atoms with Gasteiger partial charge in [-0.05, 0) is 6.08 Å². The van der Waals surface area contributed by atoms with Crippen LogP contribution in [-0.4, -0.2) is 32.0 Å². The number of carbonyl (C=O) groups is 2. The third-order valence-electron chi connectivity index (χ3n) is 1.62. The molecule has 2 N–H and O–H groups in total. The Morgan fingerprint density at radius 3 is 2.92 bits per heavy atom. The highest BCUT2D eigenvalue weighted by atomic mass is 16.5. The van der Waals surface area contributed by atoms with E-state index < -0.39 is 0 Å². The Balaban J connectivity index is 2.29. The normalized spacial score (nSPS) is 14.4. The monoisotopic (exact) mass is 184 g/mol. The van der Waals surface area contributed by atoms with Crippen molar-refractivity contribution in [2.24, 2.45) is 0 Å². The summed E-state index contributed by atoms with van der Waals surface area (Å²) in [6.45, 7) is 0.527. The summed E-state index contributed by atoms with van der Waals surface area (Å²) in [4.78, 5) is 21.9. The Kier molecular flexibility index (Phi) is 3.31. The maximum atomic E-state index is 11.2. The Morgan fingerprint density at radius 2 is 2.38 bits per heavy atom. The lowest BCUT2D eigenvalue weighted by atomic mass is 10.4. The summed E-state index contributed by atoms with van der Waals surface area (Å²) in [5.74, 6) is -0.253. The number of hydrogen-bond acceptors (Lipinski definition) is 3. The molecule has 13 heavy (non-hydrogen) atoms.